The van der Waals surface area contributed by atoms with Gasteiger partial charge >= 0.3 is 0 Å². The van der Waals surface area contributed by atoms with Crippen LogP contribution in [0.2, 0.25) is 0 Å². The van der Waals surface area contributed by atoms with E-state index in [2.05, 4.69) is 25.7 Å². The van der Waals surface area contributed by atoms with Crippen molar-refractivity contribution in [1.29, 1.82) is 5.41 Å². The molecule has 1 aliphatic heterocycles. The normalized spacial score (nSPS) is 31.9. The first-order valence-corrected chi connectivity index (χ1v) is 5.08. The molecule has 0 aliphatic carbocycles. The summed E-state index contributed by atoms with van der Waals surface area (Å²) in [7, 11) is 0. The average Bonchev–Trinajstić information content (AvgIpc) is 2.48. The van der Waals surface area contributed by atoms with Crippen LogP contribution in [0.3, 0.4) is 0 Å². The van der Waals surface area contributed by atoms with Crippen molar-refractivity contribution >= 4 is 5.84 Å². The Bertz CT molecular complexity index is 202. The number of nitrogens with one attached hydrogen (secondary N) is 1. The standard InChI is InChI=1S/C10H21N3/c1-4-8(2)13-6-5-10(3,7-13)9(11)12/h8H,4-7H2,1-3H3,(H3,11,12). The lowest BCUT2D eigenvalue weighted by atomic mass is 9.89. The topological polar surface area (TPSA) is 53.1 Å². The molecule has 0 radical (unpaired) electrons. The van der Waals surface area contributed by atoms with Crippen molar-refractivity contribution in [2.75, 3.05) is 13.1 Å². The maximum atomic E-state index is 7.53. The van der Waals surface area contributed by atoms with Crippen LogP contribution in [-0.4, -0.2) is 29.9 Å². The summed E-state index contributed by atoms with van der Waals surface area (Å²) in [5, 5.41) is 7.53. The van der Waals surface area contributed by atoms with Gasteiger partial charge in [0.2, 0.25) is 0 Å². The van der Waals surface area contributed by atoms with Crippen molar-refractivity contribution in [3.63, 3.8) is 0 Å². The second kappa shape index (κ2) is 3.66. The fourth-order valence-electron chi connectivity index (χ4n) is 1.85. The van der Waals surface area contributed by atoms with Crippen molar-refractivity contribution < 1.29 is 0 Å². The summed E-state index contributed by atoms with van der Waals surface area (Å²) in [6.45, 7) is 8.58. The van der Waals surface area contributed by atoms with Crippen LogP contribution >= 0.6 is 0 Å². The minimum atomic E-state index is -0.0660. The molecule has 0 aromatic carbocycles. The van der Waals surface area contributed by atoms with E-state index >= 15 is 0 Å². The van der Waals surface area contributed by atoms with Gasteiger partial charge in [0, 0.05) is 18.0 Å². The molecule has 1 heterocycles. The highest BCUT2D eigenvalue weighted by Crippen LogP contribution is 2.31. The quantitative estimate of drug-likeness (QED) is 0.514. The summed E-state index contributed by atoms with van der Waals surface area (Å²) in [4.78, 5) is 2.43. The van der Waals surface area contributed by atoms with Gasteiger partial charge in [-0.3, -0.25) is 10.3 Å². The van der Waals surface area contributed by atoms with E-state index in [-0.39, 0.29) is 5.41 Å². The predicted octanol–water partition coefficient (Wildman–Crippen LogP) is 1.43. The monoisotopic (exact) mass is 183 g/mol. The molecule has 3 heteroatoms. The van der Waals surface area contributed by atoms with E-state index in [1.807, 2.05) is 0 Å². The fraction of sp³-hybridized carbons (Fsp3) is 0.900. The minimum Gasteiger partial charge on any atom is -0.387 e. The minimum absolute atomic E-state index is 0.0660. The van der Waals surface area contributed by atoms with E-state index in [9.17, 15) is 0 Å². The van der Waals surface area contributed by atoms with Gasteiger partial charge in [-0.25, -0.2) is 0 Å². The lowest BCUT2D eigenvalue weighted by molar-refractivity contribution is 0.237. The molecule has 76 valence electrons. The van der Waals surface area contributed by atoms with Gasteiger partial charge in [-0.1, -0.05) is 13.8 Å². The molecule has 1 rings (SSSR count). The second-order valence-electron chi connectivity index (χ2n) is 4.45. The van der Waals surface area contributed by atoms with Gasteiger partial charge in [0.15, 0.2) is 0 Å². The zero-order valence-corrected chi connectivity index (χ0v) is 8.93. The van der Waals surface area contributed by atoms with E-state index in [4.69, 9.17) is 11.1 Å². The Morgan fingerprint density at radius 1 is 1.69 bits per heavy atom. The molecule has 3 nitrogen and oxygen atoms in total. The molecule has 2 unspecified atom stereocenters. The summed E-state index contributed by atoms with van der Waals surface area (Å²) >= 11 is 0. The zero-order chi connectivity index (χ0) is 10.1. The third-order valence-electron chi connectivity index (χ3n) is 3.37. The summed E-state index contributed by atoms with van der Waals surface area (Å²) < 4.78 is 0. The summed E-state index contributed by atoms with van der Waals surface area (Å²) in [5.74, 6) is 0.346. The summed E-state index contributed by atoms with van der Waals surface area (Å²) in [6.07, 6.45) is 2.21. The third-order valence-corrected chi connectivity index (χ3v) is 3.37. The van der Waals surface area contributed by atoms with Crippen LogP contribution in [-0.2, 0) is 0 Å². The Balaban J connectivity index is 2.58. The molecule has 0 saturated carbocycles. The molecule has 0 aromatic rings. The van der Waals surface area contributed by atoms with Crippen molar-refractivity contribution in [1.82, 2.24) is 4.90 Å². The van der Waals surface area contributed by atoms with Crippen LogP contribution < -0.4 is 5.73 Å². The Hall–Kier alpha value is -0.570. The molecular weight excluding hydrogens is 162 g/mol. The molecule has 0 amide bonds. The molecule has 0 aromatic heterocycles. The van der Waals surface area contributed by atoms with Crippen molar-refractivity contribution in [3.8, 4) is 0 Å². The number of hydrogen-bond acceptors (Lipinski definition) is 2. The van der Waals surface area contributed by atoms with Crippen LogP contribution in [0.4, 0.5) is 0 Å². The van der Waals surface area contributed by atoms with E-state index in [0.717, 1.165) is 19.5 Å². The fourth-order valence-corrected chi connectivity index (χ4v) is 1.85. The highest BCUT2D eigenvalue weighted by Gasteiger charge is 2.37. The number of hydrogen-bond donors (Lipinski definition) is 2. The van der Waals surface area contributed by atoms with E-state index in [0.29, 0.717) is 11.9 Å². The van der Waals surface area contributed by atoms with E-state index in [1.54, 1.807) is 0 Å². The average molecular weight is 183 g/mol. The number of likely N-dealkylation sites (tertiary alicyclic amines) is 1. The second-order valence-corrected chi connectivity index (χ2v) is 4.45. The first-order chi connectivity index (χ1) is 5.99. The van der Waals surface area contributed by atoms with Gasteiger partial charge in [0.25, 0.3) is 0 Å². The van der Waals surface area contributed by atoms with Crippen LogP contribution in [0.15, 0.2) is 0 Å². The van der Waals surface area contributed by atoms with Gasteiger partial charge in [0.05, 0.1) is 5.84 Å². The number of nitrogens with zero attached hydrogens (tertiary/aromatic N) is 1. The van der Waals surface area contributed by atoms with E-state index < -0.39 is 0 Å². The summed E-state index contributed by atoms with van der Waals surface area (Å²) in [6, 6.07) is 0.626. The van der Waals surface area contributed by atoms with Crippen molar-refractivity contribution in [2.24, 2.45) is 11.1 Å². The molecule has 13 heavy (non-hydrogen) atoms. The van der Waals surface area contributed by atoms with Gasteiger partial charge in [-0.15, -0.1) is 0 Å². The summed E-state index contributed by atoms with van der Waals surface area (Å²) in [5.41, 5.74) is 5.53. The van der Waals surface area contributed by atoms with Gasteiger partial charge in [-0.05, 0) is 26.3 Å². The van der Waals surface area contributed by atoms with Crippen LogP contribution in [0.5, 0.6) is 0 Å². The highest BCUT2D eigenvalue weighted by molar-refractivity contribution is 5.83. The molecule has 2 atom stereocenters. The Kier molecular flexibility index (Phi) is 2.96. The first kappa shape index (κ1) is 10.5. The van der Waals surface area contributed by atoms with Crippen LogP contribution in [0.25, 0.3) is 0 Å². The maximum Gasteiger partial charge on any atom is 0.0979 e. The molecular formula is C10H21N3. The smallest absolute Gasteiger partial charge is 0.0979 e. The third kappa shape index (κ3) is 2.02. The van der Waals surface area contributed by atoms with Crippen molar-refractivity contribution in [2.45, 2.75) is 39.7 Å². The lowest BCUT2D eigenvalue weighted by Gasteiger charge is -2.26. The van der Waals surface area contributed by atoms with Crippen molar-refractivity contribution in [3.05, 3.63) is 0 Å². The molecule has 1 saturated heterocycles. The highest BCUT2D eigenvalue weighted by atomic mass is 15.2. The largest absolute Gasteiger partial charge is 0.387 e. The number of rotatable bonds is 3. The first-order valence-electron chi connectivity index (χ1n) is 5.08. The number of amidine groups is 1. The molecule has 1 fully saturated rings. The molecule has 3 N–H and O–H groups in total. The Morgan fingerprint density at radius 3 is 2.69 bits per heavy atom. The Labute approximate surface area is 80.8 Å². The maximum absolute atomic E-state index is 7.53. The van der Waals surface area contributed by atoms with Crippen LogP contribution in [0, 0.1) is 10.8 Å². The van der Waals surface area contributed by atoms with Gasteiger partial charge in [-0.2, -0.15) is 0 Å². The van der Waals surface area contributed by atoms with Crippen LogP contribution in [0.1, 0.15) is 33.6 Å². The predicted molar refractivity (Wildman–Crippen MR) is 56.0 cm³/mol. The van der Waals surface area contributed by atoms with E-state index in [1.165, 1.54) is 6.42 Å². The van der Waals surface area contributed by atoms with Gasteiger partial charge in [0.1, 0.15) is 0 Å². The lowest BCUT2D eigenvalue weighted by Crippen LogP contribution is -2.38. The zero-order valence-electron chi connectivity index (χ0n) is 8.93. The Morgan fingerprint density at radius 2 is 2.31 bits per heavy atom. The number of nitrogens with two attached hydrogens (primary N) is 1. The molecule has 1 aliphatic rings. The molecule has 0 spiro atoms. The van der Waals surface area contributed by atoms with Gasteiger partial charge < -0.3 is 5.73 Å². The SMILES string of the molecule is CCC(C)N1CCC(C)(C(=N)N)C1. The molecule has 0 bridgehead atoms.